The molecular formula is C28H34N6O3S. The number of hydrogen-bond donors (Lipinski definition) is 5. The van der Waals surface area contributed by atoms with Crippen molar-refractivity contribution in [3.63, 3.8) is 0 Å². The van der Waals surface area contributed by atoms with Crippen molar-refractivity contribution in [2.24, 2.45) is 5.92 Å². The van der Waals surface area contributed by atoms with Crippen molar-refractivity contribution < 1.29 is 15.3 Å². The highest BCUT2D eigenvalue weighted by Gasteiger charge is 2.50. The van der Waals surface area contributed by atoms with E-state index >= 15 is 0 Å². The van der Waals surface area contributed by atoms with E-state index < -0.39 is 23.7 Å². The van der Waals surface area contributed by atoms with Crippen molar-refractivity contribution in [3.05, 3.63) is 59.0 Å². The highest BCUT2D eigenvalue weighted by Crippen LogP contribution is 2.41. The van der Waals surface area contributed by atoms with E-state index in [1.807, 2.05) is 19.9 Å². The largest absolute Gasteiger partial charge is 0.396 e. The molecule has 5 rings (SSSR count). The molecule has 200 valence electrons. The van der Waals surface area contributed by atoms with E-state index in [1.54, 1.807) is 13.1 Å². The average molecular weight is 535 g/mol. The van der Waals surface area contributed by atoms with Gasteiger partial charge in [0.15, 0.2) is 0 Å². The third-order valence-electron chi connectivity index (χ3n) is 7.55. The van der Waals surface area contributed by atoms with Crippen LogP contribution in [0, 0.1) is 26.7 Å². The lowest BCUT2D eigenvalue weighted by Crippen LogP contribution is -2.48. The number of thiazole rings is 1. The van der Waals surface area contributed by atoms with E-state index in [9.17, 15) is 15.3 Å². The molecule has 38 heavy (non-hydrogen) atoms. The molecule has 4 aromatic rings. The monoisotopic (exact) mass is 534 g/mol. The molecule has 3 aromatic heterocycles. The van der Waals surface area contributed by atoms with Crippen LogP contribution in [0.3, 0.4) is 0 Å². The molecular weight excluding hydrogens is 500 g/mol. The molecule has 0 spiro atoms. The van der Waals surface area contributed by atoms with Crippen LogP contribution >= 0.6 is 11.3 Å². The van der Waals surface area contributed by atoms with E-state index in [0.29, 0.717) is 18.2 Å². The van der Waals surface area contributed by atoms with E-state index in [1.165, 1.54) is 16.9 Å². The van der Waals surface area contributed by atoms with Gasteiger partial charge in [-0.2, -0.15) is 4.98 Å². The van der Waals surface area contributed by atoms with E-state index in [2.05, 4.69) is 53.7 Å². The van der Waals surface area contributed by atoms with Crippen molar-refractivity contribution in [2.45, 2.75) is 64.8 Å². The Kier molecular flexibility index (Phi) is 7.08. The van der Waals surface area contributed by atoms with Gasteiger partial charge in [-0.1, -0.05) is 29.8 Å². The topological polar surface area (TPSA) is 136 Å². The Labute approximate surface area is 226 Å². The summed E-state index contributed by atoms with van der Waals surface area (Å²) in [5.41, 5.74) is 3.97. The highest BCUT2D eigenvalue weighted by atomic mass is 32.1. The normalized spacial score (nSPS) is 24.1. The average Bonchev–Trinajstić information content (AvgIpc) is 3.39. The first-order valence-corrected chi connectivity index (χ1v) is 13.6. The number of nitrogens with one attached hydrogen (secondary N) is 2. The zero-order valence-electron chi connectivity index (χ0n) is 22.2. The molecule has 9 nitrogen and oxygen atoms in total. The van der Waals surface area contributed by atoms with Crippen molar-refractivity contribution in [3.8, 4) is 10.6 Å². The van der Waals surface area contributed by atoms with E-state index in [0.717, 1.165) is 37.7 Å². The van der Waals surface area contributed by atoms with Crippen LogP contribution in [0.2, 0.25) is 0 Å². The zero-order chi connectivity index (χ0) is 27.2. The second-order valence-corrected chi connectivity index (χ2v) is 11.5. The van der Waals surface area contributed by atoms with Gasteiger partial charge in [-0.3, -0.25) is 4.98 Å². The highest BCUT2D eigenvalue weighted by molar-refractivity contribution is 7.21. The van der Waals surface area contributed by atoms with Crippen molar-refractivity contribution in [1.29, 1.82) is 0 Å². The summed E-state index contributed by atoms with van der Waals surface area (Å²) in [6, 6.07) is 9.67. The number of aryl methyl sites for hydroxylation is 3. The maximum absolute atomic E-state index is 11.1. The molecule has 3 heterocycles. The van der Waals surface area contributed by atoms with Crippen LogP contribution in [-0.2, 0) is 0 Å². The summed E-state index contributed by atoms with van der Waals surface area (Å²) in [5, 5.41) is 39.1. The molecule has 0 saturated heterocycles. The summed E-state index contributed by atoms with van der Waals surface area (Å²) in [5.74, 6) is 0.513. The Hall–Kier alpha value is -3.18. The molecule has 1 aromatic carbocycles. The first-order chi connectivity index (χ1) is 18.1. The number of aliphatic hydroxyl groups is 3. The number of rotatable bonds is 7. The van der Waals surface area contributed by atoms with Gasteiger partial charge in [0.05, 0.1) is 39.8 Å². The predicted molar refractivity (Wildman–Crippen MR) is 150 cm³/mol. The fraction of sp³-hybridized carbons (Fsp3) is 0.429. The second-order valence-electron chi connectivity index (χ2n) is 10.4. The molecule has 1 aliphatic rings. The SMILES string of the molecule is Cc1ccc([C@@H](C)Nc2nc(C)c(-c3nc4c(C)nccc4s3)c(NC3C[C@H](CO)[C@@H](O)[C@@]3(C)O)n2)cc1. The van der Waals surface area contributed by atoms with Crippen LogP contribution in [0.25, 0.3) is 20.8 Å². The van der Waals surface area contributed by atoms with Crippen LogP contribution in [-0.4, -0.2) is 59.6 Å². The minimum atomic E-state index is -1.46. The van der Waals surface area contributed by atoms with Crippen LogP contribution in [0.15, 0.2) is 36.5 Å². The Morgan fingerprint density at radius 2 is 1.82 bits per heavy atom. The first-order valence-electron chi connectivity index (χ1n) is 12.8. The number of hydrogen-bond acceptors (Lipinski definition) is 10. The third-order valence-corrected chi connectivity index (χ3v) is 8.59. The van der Waals surface area contributed by atoms with Crippen LogP contribution < -0.4 is 10.6 Å². The van der Waals surface area contributed by atoms with E-state index in [4.69, 9.17) is 15.0 Å². The van der Waals surface area contributed by atoms with Gasteiger partial charge in [-0.25, -0.2) is 9.97 Å². The smallest absolute Gasteiger partial charge is 0.225 e. The van der Waals surface area contributed by atoms with Crippen molar-refractivity contribution in [2.75, 3.05) is 17.2 Å². The Balaban J connectivity index is 1.57. The van der Waals surface area contributed by atoms with Gasteiger partial charge in [0, 0.05) is 18.7 Å². The number of aromatic nitrogens is 4. The Morgan fingerprint density at radius 3 is 2.47 bits per heavy atom. The van der Waals surface area contributed by atoms with Crippen molar-refractivity contribution in [1.82, 2.24) is 19.9 Å². The first kappa shape index (κ1) is 26.4. The summed E-state index contributed by atoms with van der Waals surface area (Å²) < 4.78 is 1.01. The molecule has 0 radical (unpaired) electrons. The van der Waals surface area contributed by atoms with Crippen LogP contribution in [0.4, 0.5) is 11.8 Å². The van der Waals surface area contributed by atoms with Gasteiger partial charge < -0.3 is 26.0 Å². The minimum Gasteiger partial charge on any atom is -0.396 e. The fourth-order valence-corrected chi connectivity index (χ4v) is 6.23. The molecule has 1 unspecified atom stereocenters. The summed E-state index contributed by atoms with van der Waals surface area (Å²) in [6.07, 6.45) is 1.10. The number of nitrogens with zero attached hydrogens (tertiary/aromatic N) is 4. The van der Waals surface area contributed by atoms with Gasteiger partial charge >= 0.3 is 0 Å². The maximum Gasteiger partial charge on any atom is 0.225 e. The van der Waals surface area contributed by atoms with Gasteiger partial charge in [-0.15, -0.1) is 11.3 Å². The maximum atomic E-state index is 11.1. The van der Waals surface area contributed by atoms with Crippen LogP contribution in [0.1, 0.15) is 48.8 Å². The minimum absolute atomic E-state index is 0.0416. The summed E-state index contributed by atoms with van der Waals surface area (Å²) >= 11 is 1.53. The Bertz CT molecular complexity index is 1460. The molecule has 1 fully saturated rings. The third kappa shape index (κ3) is 4.84. The molecule has 1 aliphatic carbocycles. The summed E-state index contributed by atoms with van der Waals surface area (Å²) in [7, 11) is 0. The quantitative estimate of drug-likeness (QED) is 0.237. The molecule has 5 N–H and O–H groups in total. The van der Waals surface area contributed by atoms with Crippen molar-refractivity contribution >= 4 is 33.3 Å². The van der Waals surface area contributed by atoms with E-state index in [-0.39, 0.29) is 12.6 Å². The molecule has 10 heteroatoms. The zero-order valence-corrected chi connectivity index (χ0v) is 23.0. The summed E-state index contributed by atoms with van der Waals surface area (Å²) in [4.78, 5) is 18.9. The Morgan fingerprint density at radius 1 is 1.08 bits per heavy atom. The predicted octanol–water partition coefficient (Wildman–Crippen LogP) is 4.15. The standard InChI is InChI=1S/C28H34N6O3S/c1-14-6-8-18(9-7-14)15(2)30-27-31-16(3)22(26-33-23-17(4)29-11-10-20(23)38-26)25(34-27)32-21-12-19(13-35)24(36)28(21,5)37/h6-11,15,19,21,24,35-37H,12-13H2,1-5H3,(H2,30,31,32,34)/t15-,19-,21?,24-,28+/m1/s1. The number of fused-ring (bicyclic) bond motifs is 1. The van der Waals surface area contributed by atoms with Crippen LogP contribution in [0.5, 0.6) is 0 Å². The van der Waals surface area contributed by atoms with Gasteiger partial charge in [0.25, 0.3) is 0 Å². The molecule has 0 bridgehead atoms. The van der Waals surface area contributed by atoms with Gasteiger partial charge in [0.2, 0.25) is 5.95 Å². The molecule has 1 saturated carbocycles. The summed E-state index contributed by atoms with van der Waals surface area (Å²) in [6.45, 7) is 9.33. The molecule has 0 aliphatic heterocycles. The lowest BCUT2D eigenvalue weighted by molar-refractivity contribution is -0.0647. The van der Waals surface area contributed by atoms with Gasteiger partial charge in [-0.05, 0) is 52.7 Å². The number of benzene rings is 1. The van der Waals surface area contributed by atoms with Gasteiger partial charge in [0.1, 0.15) is 21.9 Å². The number of aliphatic hydroxyl groups excluding tert-OH is 2. The lowest BCUT2D eigenvalue weighted by Gasteiger charge is -2.30. The number of pyridine rings is 1. The molecule has 5 atom stereocenters. The second kappa shape index (κ2) is 10.2. The fourth-order valence-electron chi connectivity index (χ4n) is 5.12. The lowest BCUT2D eigenvalue weighted by atomic mass is 9.96. The number of anilines is 2. The molecule has 0 amide bonds.